The summed E-state index contributed by atoms with van der Waals surface area (Å²) in [5.74, 6) is -0.500. The lowest BCUT2D eigenvalue weighted by molar-refractivity contribution is 0.0949. The van der Waals surface area contributed by atoms with Gasteiger partial charge in [-0.05, 0) is 23.3 Å². The van der Waals surface area contributed by atoms with Crippen molar-refractivity contribution in [2.24, 2.45) is 5.10 Å². The Hall–Kier alpha value is -5.30. The summed E-state index contributed by atoms with van der Waals surface area (Å²) in [6, 6.07) is 34.4. The molecule has 4 aromatic carbocycles. The smallest absolute Gasteiger partial charge is 0.292 e. The predicted octanol–water partition coefficient (Wildman–Crippen LogP) is 5.36. The molecule has 6 aromatic rings. The van der Waals surface area contributed by atoms with E-state index in [1.807, 2.05) is 84.9 Å². The molecule has 1 amide bonds. The number of nitrogens with zero attached hydrogens (tertiary/aromatic N) is 3. The Morgan fingerprint density at radius 3 is 2.21 bits per heavy atom. The average Bonchev–Trinajstić information content (AvgIpc) is 3.34. The lowest BCUT2D eigenvalue weighted by Gasteiger charge is -2.10. The zero-order valence-corrected chi connectivity index (χ0v) is 20.3. The number of hydrogen-bond acceptors (Lipinski definition) is 4. The first kappa shape index (κ1) is 23.1. The van der Waals surface area contributed by atoms with Crippen molar-refractivity contribution >= 4 is 33.8 Å². The van der Waals surface area contributed by atoms with Gasteiger partial charge in [-0.25, -0.2) is 10.1 Å². The van der Waals surface area contributed by atoms with Gasteiger partial charge in [0.1, 0.15) is 0 Å². The molecule has 6 rings (SSSR count). The van der Waals surface area contributed by atoms with E-state index in [9.17, 15) is 9.59 Å². The summed E-state index contributed by atoms with van der Waals surface area (Å²) in [4.78, 5) is 29.9. The van der Waals surface area contributed by atoms with Crippen molar-refractivity contribution in [2.75, 3.05) is 0 Å². The molecule has 184 valence electrons. The second kappa shape index (κ2) is 9.99. The second-order valence-electron chi connectivity index (χ2n) is 8.87. The van der Waals surface area contributed by atoms with Crippen LogP contribution in [0.5, 0.6) is 0 Å². The van der Waals surface area contributed by atoms with Crippen molar-refractivity contribution in [1.29, 1.82) is 0 Å². The van der Waals surface area contributed by atoms with E-state index >= 15 is 0 Å². The number of carbonyl (C=O) groups excluding carboxylic acids is 1. The Morgan fingerprint density at radius 1 is 0.816 bits per heavy atom. The van der Waals surface area contributed by atoms with Gasteiger partial charge < -0.3 is 4.98 Å². The number of aromatic amines is 1. The Kier molecular flexibility index (Phi) is 6.08. The van der Waals surface area contributed by atoms with Crippen LogP contribution in [0.1, 0.15) is 21.6 Å². The molecule has 0 bridgehead atoms. The molecule has 2 N–H and O–H groups in total. The summed E-state index contributed by atoms with van der Waals surface area (Å²) in [6.45, 7) is 0.254. The number of H-pyrrole nitrogens is 1. The highest BCUT2D eigenvalue weighted by Gasteiger charge is 2.17. The number of carbonyl (C=O) groups is 1. The molecule has 0 aliphatic carbocycles. The molecule has 0 fully saturated rings. The van der Waals surface area contributed by atoms with Gasteiger partial charge in [-0.2, -0.15) is 10.2 Å². The second-order valence-corrected chi connectivity index (χ2v) is 8.87. The highest BCUT2D eigenvalue weighted by molar-refractivity contribution is 6.07. The predicted molar refractivity (Wildman–Crippen MR) is 150 cm³/mol. The number of fused-ring (bicyclic) bond motifs is 2. The van der Waals surface area contributed by atoms with Crippen LogP contribution in [-0.2, 0) is 6.54 Å². The minimum Gasteiger partial charge on any atom is -0.354 e. The van der Waals surface area contributed by atoms with Crippen molar-refractivity contribution in [3.8, 4) is 11.3 Å². The molecule has 0 spiro atoms. The molecule has 0 aliphatic heterocycles. The van der Waals surface area contributed by atoms with E-state index in [2.05, 4.69) is 20.6 Å². The molecular formula is C31H23N5O2. The van der Waals surface area contributed by atoms with Crippen molar-refractivity contribution < 1.29 is 4.79 Å². The summed E-state index contributed by atoms with van der Waals surface area (Å²) < 4.78 is 1.32. The number of hydrazone groups is 1. The molecule has 2 heterocycles. The average molecular weight is 498 g/mol. The number of amides is 1. The van der Waals surface area contributed by atoms with E-state index in [0.29, 0.717) is 10.8 Å². The highest BCUT2D eigenvalue weighted by atomic mass is 16.2. The molecule has 0 unspecified atom stereocenters. The Balaban J connectivity index is 1.36. The van der Waals surface area contributed by atoms with Gasteiger partial charge in [-0.1, -0.05) is 97.1 Å². The van der Waals surface area contributed by atoms with Gasteiger partial charge in [0.25, 0.3) is 11.5 Å². The number of aromatic nitrogens is 3. The van der Waals surface area contributed by atoms with Gasteiger partial charge in [-0.3, -0.25) is 9.59 Å². The summed E-state index contributed by atoms with van der Waals surface area (Å²) >= 11 is 0. The minimum absolute atomic E-state index is 0.135. The first-order valence-corrected chi connectivity index (χ1v) is 12.2. The number of hydrogen-bond donors (Lipinski definition) is 2. The normalized spacial score (nSPS) is 11.4. The van der Waals surface area contributed by atoms with Crippen molar-refractivity contribution in [3.05, 3.63) is 136 Å². The van der Waals surface area contributed by atoms with Gasteiger partial charge in [-0.15, -0.1) is 0 Å². The highest BCUT2D eigenvalue weighted by Crippen LogP contribution is 2.29. The molecule has 38 heavy (non-hydrogen) atoms. The van der Waals surface area contributed by atoms with Gasteiger partial charge in [0.15, 0.2) is 5.69 Å². The molecular weight excluding hydrogens is 474 g/mol. The zero-order valence-electron chi connectivity index (χ0n) is 20.3. The fourth-order valence-corrected chi connectivity index (χ4v) is 4.61. The van der Waals surface area contributed by atoms with E-state index in [1.165, 1.54) is 4.68 Å². The van der Waals surface area contributed by atoms with Crippen molar-refractivity contribution in [1.82, 2.24) is 20.2 Å². The summed E-state index contributed by atoms with van der Waals surface area (Å²) in [7, 11) is 0. The van der Waals surface area contributed by atoms with Crippen molar-refractivity contribution in [2.45, 2.75) is 6.54 Å². The third kappa shape index (κ3) is 4.37. The number of nitrogens with one attached hydrogen (secondary N) is 2. The van der Waals surface area contributed by atoms with E-state index in [4.69, 9.17) is 0 Å². The van der Waals surface area contributed by atoms with E-state index in [-0.39, 0.29) is 17.8 Å². The quantitative estimate of drug-likeness (QED) is 0.240. The van der Waals surface area contributed by atoms with Gasteiger partial charge >= 0.3 is 0 Å². The molecule has 7 nitrogen and oxygen atoms in total. The third-order valence-electron chi connectivity index (χ3n) is 6.43. The number of benzene rings is 4. The fourth-order valence-electron chi connectivity index (χ4n) is 4.61. The minimum atomic E-state index is -0.500. The van der Waals surface area contributed by atoms with Crippen LogP contribution >= 0.6 is 0 Å². The van der Waals surface area contributed by atoms with Crippen LogP contribution in [0.25, 0.3) is 32.9 Å². The first-order chi connectivity index (χ1) is 18.7. The zero-order chi connectivity index (χ0) is 25.9. The molecule has 0 atom stereocenters. The van der Waals surface area contributed by atoms with E-state index in [0.717, 1.165) is 33.3 Å². The van der Waals surface area contributed by atoms with Crippen LogP contribution in [0.2, 0.25) is 0 Å². The molecule has 2 aromatic heterocycles. The first-order valence-electron chi connectivity index (χ1n) is 12.2. The van der Waals surface area contributed by atoms with E-state index in [1.54, 1.807) is 30.5 Å². The maximum absolute atomic E-state index is 13.3. The van der Waals surface area contributed by atoms with Crippen LogP contribution in [0.3, 0.4) is 0 Å². The Labute approximate surface area is 218 Å². The Bertz CT molecular complexity index is 1850. The summed E-state index contributed by atoms with van der Waals surface area (Å²) in [6.07, 6.45) is 1.64. The fraction of sp³-hybridized carbons (Fsp3) is 0.0323. The molecule has 7 heteroatoms. The van der Waals surface area contributed by atoms with Crippen LogP contribution in [-0.4, -0.2) is 26.9 Å². The number of para-hydroxylation sites is 1. The van der Waals surface area contributed by atoms with E-state index < -0.39 is 5.91 Å². The SMILES string of the molecule is O=C(N/N=C/c1c(-c2ccccc2)[nH]c2ccccc12)c1nn(Cc2ccccc2)c(=O)c2ccccc12. The van der Waals surface area contributed by atoms with Crippen LogP contribution in [0.15, 0.2) is 119 Å². The summed E-state index contributed by atoms with van der Waals surface area (Å²) in [5, 5.41) is 10.6. The molecule has 0 saturated carbocycles. The van der Waals surface area contributed by atoms with Crippen LogP contribution < -0.4 is 11.0 Å². The maximum atomic E-state index is 13.3. The standard InChI is InChI=1S/C31H23N5O2/c37-30(29-24-16-7-8-17-25(24)31(38)36(35-29)20-21-11-3-1-4-12-21)34-32-19-26-23-15-9-10-18-27(23)33-28(26)22-13-5-2-6-14-22/h1-19,33H,20H2,(H,34,37)/b32-19+. The van der Waals surface area contributed by atoms with Gasteiger partial charge in [0.2, 0.25) is 0 Å². The molecule has 0 saturated heterocycles. The lowest BCUT2D eigenvalue weighted by atomic mass is 10.1. The van der Waals surface area contributed by atoms with Crippen LogP contribution in [0.4, 0.5) is 0 Å². The van der Waals surface area contributed by atoms with Crippen molar-refractivity contribution in [3.63, 3.8) is 0 Å². The molecule has 0 radical (unpaired) electrons. The number of rotatable bonds is 6. The van der Waals surface area contributed by atoms with Gasteiger partial charge in [0.05, 0.1) is 23.8 Å². The largest absolute Gasteiger partial charge is 0.354 e. The monoisotopic (exact) mass is 497 g/mol. The summed E-state index contributed by atoms with van der Waals surface area (Å²) in [5.41, 5.74) is 7.17. The maximum Gasteiger partial charge on any atom is 0.292 e. The molecule has 0 aliphatic rings. The topological polar surface area (TPSA) is 92.1 Å². The lowest BCUT2D eigenvalue weighted by Crippen LogP contribution is -2.29. The third-order valence-corrected chi connectivity index (χ3v) is 6.43. The van der Waals surface area contributed by atoms with Crippen LogP contribution in [0, 0.1) is 0 Å². The Morgan fingerprint density at radius 2 is 1.45 bits per heavy atom. The van der Waals surface area contributed by atoms with Gasteiger partial charge in [0, 0.05) is 21.9 Å².